The minimum atomic E-state index is 0.778. The second kappa shape index (κ2) is 3.21. The standard InChI is InChI=1S/C11H19N/c1-9(2)10-3-5-11(6-4-10)12-7-8-12/h3,9,11H,4-8H2,1-2H3. The lowest BCUT2D eigenvalue weighted by Crippen LogP contribution is -2.21. The molecule has 1 saturated heterocycles. The van der Waals surface area contributed by atoms with Crippen molar-refractivity contribution in [3.05, 3.63) is 11.6 Å². The number of rotatable bonds is 2. The largest absolute Gasteiger partial charge is 0.298 e. The molecule has 1 heteroatoms. The van der Waals surface area contributed by atoms with Crippen molar-refractivity contribution in [1.29, 1.82) is 0 Å². The highest BCUT2D eigenvalue weighted by Crippen LogP contribution is 2.29. The molecule has 1 unspecified atom stereocenters. The Morgan fingerprint density at radius 3 is 2.58 bits per heavy atom. The highest BCUT2D eigenvalue weighted by molar-refractivity contribution is 5.11. The molecule has 1 fully saturated rings. The van der Waals surface area contributed by atoms with Crippen molar-refractivity contribution in [1.82, 2.24) is 4.90 Å². The van der Waals surface area contributed by atoms with Crippen LogP contribution in [0.5, 0.6) is 0 Å². The summed E-state index contributed by atoms with van der Waals surface area (Å²) in [6.45, 7) is 7.33. The quantitative estimate of drug-likeness (QED) is 0.448. The summed E-state index contributed by atoms with van der Waals surface area (Å²) in [5, 5.41) is 0. The van der Waals surface area contributed by atoms with Crippen molar-refractivity contribution in [2.24, 2.45) is 5.92 Å². The Labute approximate surface area is 75.4 Å². The van der Waals surface area contributed by atoms with E-state index in [4.69, 9.17) is 0 Å². The second-order valence-electron chi connectivity index (χ2n) is 4.40. The van der Waals surface area contributed by atoms with Gasteiger partial charge in [-0.2, -0.15) is 0 Å². The maximum atomic E-state index is 2.59. The van der Waals surface area contributed by atoms with Crippen LogP contribution in [0.3, 0.4) is 0 Å². The lowest BCUT2D eigenvalue weighted by atomic mass is 9.89. The summed E-state index contributed by atoms with van der Waals surface area (Å²) < 4.78 is 0. The summed E-state index contributed by atoms with van der Waals surface area (Å²) in [5.41, 5.74) is 1.69. The van der Waals surface area contributed by atoms with Gasteiger partial charge in [0.15, 0.2) is 0 Å². The highest BCUT2D eigenvalue weighted by Gasteiger charge is 2.28. The fourth-order valence-corrected chi connectivity index (χ4v) is 2.12. The van der Waals surface area contributed by atoms with E-state index in [1.165, 1.54) is 32.4 Å². The fourth-order valence-electron chi connectivity index (χ4n) is 2.12. The molecule has 0 spiro atoms. The predicted octanol–water partition coefficient (Wildman–Crippen LogP) is 2.44. The summed E-state index contributed by atoms with van der Waals surface area (Å²) in [4.78, 5) is 2.59. The van der Waals surface area contributed by atoms with E-state index in [0.717, 1.165) is 12.0 Å². The molecular weight excluding hydrogens is 146 g/mol. The Hall–Kier alpha value is -0.300. The Morgan fingerprint density at radius 1 is 1.42 bits per heavy atom. The highest BCUT2D eigenvalue weighted by atomic mass is 15.3. The van der Waals surface area contributed by atoms with Gasteiger partial charge in [-0.25, -0.2) is 0 Å². The molecule has 12 heavy (non-hydrogen) atoms. The van der Waals surface area contributed by atoms with Crippen LogP contribution in [-0.4, -0.2) is 24.0 Å². The third-order valence-electron chi connectivity index (χ3n) is 3.16. The maximum absolute atomic E-state index is 2.59. The molecule has 1 nitrogen and oxygen atoms in total. The molecule has 2 aliphatic rings. The van der Waals surface area contributed by atoms with Gasteiger partial charge in [-0.1, -0.05) is 25.5 Å². The van der Waals surface area contributed by atoms with Gasteiger partial charge in [0, 0.05) is 19.1 Å². The minimum absolute atomic E-state index is 0.778. The van der Waals surface area contributed by atoms with Crippen LogP contribution in [-0.2, 0) is 0 Å². The van der Waals surface area contributed by atoms with Crippen molar-refractivity contribution in [3.63, 3.8) is 0 Å². The predicted molar refractivity (Wildman–Crippen MR) is 52.1 cm³/mol. The first-order valence-corrected chi connectivity index (χ1v) is 5.20. The SMILES string of the molecule is CC(C)C1=CCC(N2CC2)CC1. The van der Waals surface area contributed by atoms with E-state index in [1.807, 2.05) is 0 Å². The van der Waals surface area contributed by atoms with E-state index < -0.39 is 0 Å². The Balaban J connectivity index is 1.90. The Bertz CT molecular complexity index is 189. The summed E-state index contributed by atoms with van der Waals surface area (Å²) in [7, 11) is 0. The molecule has 0 saturated carbocycles. The van der Waals surface area contributed by atoms with Gasteiger partial charge in [-0.15, -0.1) is 0 Å². The fraction of sp³-hybridized carbons (Fsp3) is 0.818. The van der Waals surface area contributed by atoms with Crippen LogP contribution in [0.1, 0.15) is 33.1 Å². The normalized spacial score (nSPS) is 30.6. The first-order chi connectivity index (χ1) is 5.77. The van der Waals surface area contributed by atoms with Crippen LogP contribution in [0.2, 0.25) is 0 Å². The average molecular weight is 165 g/mol. The smallest absolute Gasteiger partial charge is 0.0134 e. The Morgan fingerprint density at radius 2 is 2.17 bits per heavy atom. The van der Waals surface area contributed by atoms with Gasteiger partial charge in [0.2, 0.25) is 0 Å². The zero-order valence-corrected chi connectivity index (χ0v) is 8.21. The van der Waals surface area contributed by atoms with E-state index in [2.05, 4.69) is 24.8 Å². The topological polar surface area (TPSA) is 3.01 Å². The number of allylic oxidation sites excluding steroid dienone is 1. The minimum Gasteiger partial charge on any atom is -0.298 e. The maximum Gasteiger partial charge on any atom is 0.0134 e. The van der Waals surface area contributed by atoms with E-state index >= 15 is 0 Å². The summed E-state index contributed by atoms with van der Waals surface area (Å²) in [6, 6.07) is 0.896. The third-order valence-corrected chi connectivity index (χ3v) is 3.16. The van der Waals surface area contributed by atoms with Crippen molar-refractivity contribution >= 4 is 0 Å². The van der Waals surface area contributed by atoms with E-state index in [0.29, 0.717) is 0 Å². The molecule has 0 aromatic rings. The van der Waals surface area contributed by atoms with E-state index in [-0.39, 0.29) is 0 Å². The van der Waals surface area contributed by atoms with Gasteiger partial charge >= 0.3 is 0 Å². The molecule has 0 amide bonds. The molecule has 0 bridgehead atoms. The van der Waals surface area contributed by atoms with Gasteiger partial charge in [0.1, 0.15) is 0 Å². The van der Waals surface area contributed by atoms with Crippen LogP contribution in [0, 0.1) is 5.92 Å². The van der Waals surface area contributed by atoms with Crippen LogP contribution in [0.4, 0.5) is 0 Å². The molecule has 0 aromatic heterocycles. The molecule has 0 aromatic carbocycles. The first kappa shape index (κ1) is 8.31. The van der Waals surface area contributed by atoms with E-state index in [1.54, 1.807) is 5.57 Å². The van der Waals surface area contributed by atoms with Crippen molar-refractivity contribution in [3.8, 4) is 0 Å². The second-order valence-corrected chi connectivity index (χ2v) is 4.40. The van der Waals surface area contributed by atoms with Crippen LogP contribution >= 0.6 is 0 Å². The van der Waals surface area contributed by atoms with Crippen LogP contribution in [0.25, 0.3) is 0 Å². The van der Waals surface area contributed by atoms with E-state index in [9.17, 15) is 0 Å². The molecule has 0 radical (unpaired) electrons. The number of hydrogen-bond acceptors (Lipinski definition) is 1. The van der Waals surface area contributed by atoms with Gasteiger partial charge in [0.25, 0.3) is 0 Å². The van der Waals surface area contributed by atoms with Crippen molar-refractivity contribution < 1.29 is 0 Å². The lowest BCUT2D eigenvalue weighted by Gasteiger charge is -2.24. The zero-order chi connectivity index (χ0) is 8.55. The van der Waals surface area contributed by atoms with Crippen LogP contribution < -0.4 is 0 Å². The van der Waals surface area contributed by atoms with Gasteiger partial charge < -0.3 is 0 Å². The molecule has 1 atom stereocenters. The number of nitrogens with zero attached hydrogens (tertiary/aromatic N) is 1. The number of hydrogen-bond donors (Lipinski definition) is 0. The third kappa shape index (κ3) is 1.71. The lowest BCUT2D eigenvalue weighted by molar-refractivity contribution is 0.360. The average Bonchev–Trinajstić information content (AvgIpc) is 2.87. The summed E-state index contributed by atoms with van der Waals surface area (Å²) >= 11 is 0. The van der Waals surface area contributed by atoms with Crippen LogP contribution in [0.15, 0.2) is 11.6 Å². The Kier molecular flexibility index (Phi) is 2.22. The summed E-state index contributed by atoms with van der Waals surface area (Å²) in [6.07, 6.45) is 6.55. The molecule has 1 heterocycles. The van der Waals surface area contributed by atoms with Crippen molar-refractivity contribution in [2.45, 2.75) is 39.2 Å². The molecular formula is C11H19N. The first-order valence-electron chi connectivity index (χ1n) is 5.20. The molecule has 68 valence electrons. The molecule has 2 rings (SSSR count). The molecule has 1 aliphatic carbocycles. The molecule has 0 N–H and O–H groups in total. The summed E-state index contributed by atoms with van der Waals surface area (Å²) in [5.74, 6) is 0.778. The van der Waals surface area contributed by atoms with Gasteiger partial charge in [-0.05, 0) is 25.2 Å². The molecule has 1 aliphatic heterocycles. The van der Waals surface area contributed by atoms with Gasteiger partial charge in [-0.3, -0.25) is 4.90 Å². The zero-order valence-electron chi connectivity index (χ0n) is 8.21. The van der Waals surface area contributed by atoms with Gasteiger partial charge in [0.05, 0.1) is 0 Å². The monoisotopic (exact) mass is 165 g/mol. The van der Waals surface area contributed by atoms with Crippen molar-refractivity contribution in [2.75, 3.05) is 13.1 Å².